The van der Waals surface area contributed by atoms with E-state index < -0.39 is 0 Å². The van der Waals surface area contributed by atoms with Crippen LogP contribution in [0.4, 0.5) is 4.79 Å². The maximum absolute atomic E-state index is 11.8. The van der Waals surface area contributed by atoms with Crippen molar-refractivity contribution >= 4 is 17.4 Å². The van der Waals surface area contributed by atoms with E-state index in [9.17, 15) is 4.79 Å². The molecule has 0 bridgehead atoms. The summed E-state index contributed by atoms with van der Waals surface area (Å²) in [7, 11) is 0. The highest BCUT2D eigenvalue weighted by atomic mass is 32.1. The van der Waals surface area contributed by atoms with Crippen LogP contribution in [0.3, 0.4) is 0 Å². The fourth-order valence-corrected chi connectivity index (χ4v) is 3.49. The van der Waals surface area contributed by atoms with E-state index in [0.717, 1.165) is 18.8 Å². The quantitative estimate of drug-likeness (QED) is 0.887. The summed E-state index contributed by atoms with van der Waals surface area (Å²) in [6.07, 6.45) is 4.29. The number of thiophene rings is 1. The van der Waals surface area contributed by atoms with Crippen molar-refractivity contribution in [3.63, 3.8) is 0 Å². The van der Waals surface area contributed by atoms with Gasteiger partial charge in [-0.25, -0.2) is 9.78 Å². The average molecular weight is 320 g/mol. The zero-order valence-electron chi connectivity index (χ0n) is 12.5. The molecule has 1 aliphatic rings. The Labute approximate surface area is 133 Å². The minimum Gasteiger partial charge on any atom is -0.450 e. The van der Waals surface area contributed by atoms with E-state index in [1.54, 1.807) is 22.4 Å². The number of hydrogen-bond donors (Lipinski definition) is 2. The van der Waals surface area contributed by atoms with Crippen LogP contribution in [0.15, 0.2) is 29.9 Å². The molecule has 2 atom stereocenters. The van der Waals surface area contributed by atoms with Crippen LogP contribution >= 0.6 is 11.3 Å². The zero-order valence-corrected chi connectivity index (χ0v) is 13.3. The number of carbonyl (C=O) groups is 1. The van der Waals surface area contributed by atoms with Gasteiger partial charge in [0, 0.05) is 36.4 Å². The number of amides is 1. The third-order valence-electron chi connectivity index (χ3n) is 3.74. The van der Waals surface area contributed by atoms with Crippen molar-refractivity contribution in [1.82, 2.24) is 20.2 Å². The lowest BCUT2D eigenvalue weighted by Gasteiger charge is -2.21. The van der Waals surface area contributed by atoms with E-state index in [1.165, 1.54) is 4.88 Å². The van der Waals surface area contributed by atoms with Gasteiger partial charge in [-0.2, -0.15) is 0 Å². The van der Waals surface area contributed by atoms with Gasteiger partial charge >= 0.3 is 6.09 Å². The molecule has 2 N–H and O–H groups in total. The Morgan fingerprint density at radius 2 is 2.59 bits per heavy atom. The van der Waals surface area contributed by atoms with Gasteiger partial charge in [0.05, 0.1) is 6.61 Å². The SMILES string of the molecule is CCOC(=O)N1CC[C@H](N[C@@H](c2ncc[nH]2)c2cccs2)C1. The lowest BCUT2D eigenvalue weighted by Crippen LogP contribution is -2.37. The molecule has 1 fully saturated rings. The van der Waals surface area contributed by atoms with Crippen LogP contribution in [0.1, 0.15) is 30.1 Å². The largest absolute Gasteiger partial charge is 0.450 e. The van der Waals surface area contributed by atoms with Crippen LogP contribution in [0, 0.1) is 0 Å². The van der Waals surface area contributed by atoms with Crippen LogP contribution in [-0.2, 0) is 4.74 Å². The Hall–Kier alpha value is -1.86. The average Bonchev–Trinajstić information content (AvgIpc) is 3.26. The summed E-state index contributed by atoms with van der Waals surface area (Å²) in [5.74, 6) is 0.900. The maximum Gasteiger partial charge on any atom is 0.409 e. The first-order valence-corrected chi connectivity index (χ1v) is 8.36. The molecule has 2 aromatic heterocycles. The number of likely N-dealkylation sites (tertiary alicyclic amines) is 1. The Balaban J connectivity index is 1.66. The molecule has 7 heteroatoms. The van der Waals surface area contributed by atoms with Crippen molar-refractivity contribution in [2.45, 2.75) is 25.4 Å². The van der Waals surface area contributed by atoms with Crippen molar-refractivity contribution in [1.29, 1.82) is 0 Å². The summed E-state index contributed by atoms with van der Waals surface area (Å²) in [5, 5.41) is 5.68. The third kappa shape index (κ3) is 3.31. The van der Waals surface area contributed by atoms with Crippen LogP contribution < -0.4 is 5.32 Å². The minimum absolute atomic E-state index is 0.0298. The van der Waals surface area contributed by atoms with Crippen LogP contribution in [0.5, 0.6) is 0 Å². The van der Waals surface area contributed by atoms with Gasteiger partial charge in [-0.3, -0.25) is 5.32 Å². The zero-order chi connectivity index (χ0) is 15.4. The van der Waals surface area contributed by atoms with Gasteiger partial charge in [-0.05, 0) is 24.8 Å². The van der Waals surface area contributed by atoms with Crippen molar-refractivity contribution in [2.75, 3.05) is 19.7 Å². The molecule has 1 saturated heterocycles. The molecule has 0 unspecified atom stereocenters. The Kier molecular flexibility index (Phi) is 4.74. The summed E-state index contributed by atoms with van der Waals surface area (Å²) in [6.45, 7) is 3.64. The normalized spacial score (nSPS) is 19.3. The summed E-state index contributed by atoms with van der Waals surface area (Å²) < 4.78 is 5.07. The fraction of sp³-hybridized carbons (Fsp3) is 0.467. The Morgan fingerprint density at radius 3 is 3.27 bits per heavy atom. The Morgan fingerprint density at radius 1 is 1.68 bits per heavy atom. The van der Waals surface area contributed by atoms with Crippen molar-refractivity contribution in [3.8, 4) is 0 Å². The number of nitrogens with one attached hydrogen (secondary N) is 2. The maximum atomic E-state index is 11.8. The number of carbonyl (C=O) groups excluding carboxylic acids is 1. The molecule has 22 heavy (non-hydrogen) atoms. The predicted molar refractivity (Wildman–Crippen MR) is 84.9 cm³/mol. The van der Waals surface area contributed by atoms with Crippen molar-refractivity contribution in [2.24, 2.45) is 0 Å². The molecule has 2 aromatic rings. The second-order valence-corrected chi connectivity index (χ2v) is 6.20. The molecule has 0 saturated carbocycles. The first-order valence-electron chi connectivity index (χ1n) is 7.48. The van der Waals surface area contributed by atoms with Crippen LogP contribution in [-0.4, -0.2) is 46.7 Å². The predicted octanol–water partition coefficient (Wildman–Crippen LogP) is 2.38. The van der Waals surface area contributed by atoms with E-state index in [2.05, 4.69) is 26.7 Å². The minimum atomic E-state index is -0.225. The highest BCUT2D eigenvalue weighted by Crippen LogP contribution is 2.25. The van der Waals surface area contributed by atoms with Gasteiger partial charge in [-0.15, -0.1) is 11.3 Å². The highest BCUT2D eigenvalue weighted by molar-refractivity contribution is 7.10. The number of H-pyrrole nitrogens is 1. The number of nitrogens with zero attached hydrogens (tertiary/aromatic N) is 2. The van der Waals surface area contributed by atoms with E-state index in [0.29, 0.717) is 13.2 Å². The van der Waals surface area contributed by atoms with Gasteiger partial charge in [0.2, 0.25) is 0 Å². The first-order chi connectivity index (χ1) is 10.8. The standard InChI is InChI=1S/C15H20N4O2S/c1-2-21-15(20)19-8-5-11(10-19)18-13(12-4-3-9-22-12)14-16-6-7-17-14/h3-4,6-7,9,11,13,18H,2,5,8,10H2,1H3,(H,16,17)/t11-,13+/m0/s1. The van der Waals surface area contributed by atoms with E-state index >= 15 is 0 Å². The number of aromatic nitrogens is 2. The molecule has 1 amide bonds. The molecule has 1 aliphatic heterocycles. The van der Waals surface area contributed by atoms with Crippen molar-refractivity contribution in [3.05, 3.63) is 40.6 Å². The summed E-state index contributed by atoms with van der Waals surface area (Å²) >= 11 is 1.70. The van der Waals surface area contributed by atoms with Crippen molar-refractivity contribution < 1.29 is 9.53 Å². The summed E-state index contributed by atoms with van der Waals surface area (Å²) in [4.78, 5) is 22.3. The molecule has 6 nitrogen and oxygen atoms in total. The molecule has 3 heterocycles. The van der Waals surface area contributed by atoms with E-state index in [-0.39, 0.29) is 18.2 Å². The molecule has 3 rings (SSSR count). The van der Waals surface area contributed by atoms with Gasteiger partial charge in [0.15, 0.2) is 0 Å². The van der Waals surface area contributed by atoms with Crippen LogP contribution in [0.2, 0.25) is 0 Å². The van der Waals surface area contributed by atoms with E-state index in [1.807, 2.05) is 19.2 Å². The number of imidazole rings is 1. The van der Waals surface area contributed by atoms with Crippen LogP contribution in [0.25, 0.3) is 0 Å². The van der Waals surface area contributed by atoms with Gasteiger partial charge < -0.3 is 14.6 Å². The third-order valence-corrected chi connectivity index (χ3v) is 4.67. The highest BCUT2D eigenvalue weighted by Gasteiger charge is 2.30. The number of hydrogen-bond acceptors (Lipinski definition) is 5. The molecule has 0 radical (unpaired) electrons. The lowest BCUT2D eigenvalue weighted by molar-refractivity contribution is 0.115. The monoisotopic (exact) mass is 320 g/mol. The fourth-order valence-electron chi connectivity index (χ4n) is 2.70. The smallest absolute Gasteiger partial charge is 0.409 e. The second kappa shape index (κ2) is 6.93. The molecule has 118 valence electrons. The topological polar surface area (TPSA) is 70.2 Å². The summed E-state index contributed by atoms with van der Waals surface area (Å²) in [5.41, 5.74) is 0. The number of aromatic amines is 1. The molecule has 0 spiro atoms. The number of ether oxygens (including phenoxy) is 1. The second-order valence-electron chi connectivity index (χ2n) is 5.22. The van der Waals surface area contributed by atoms with Gasteiger partial charge in [-0.1, -0.05) is 6.07 Å². The number of rotatable bonds is 5. The molecule has 0 aromatic carbocycles. The molecular weight excluding hydrogens is 300 g/mol. The Bertz CT molecular complexity index is 550. The summed E-state index contributed by atoms with van der Waals surface area (Å²) in [6, 6.07) is 4.41. The first kappa shape index (κ1) is 15.1. The van der Waals surface area contributed by atoms with Gasteiger partial charge in [0.1, 0.15) is 11.9 Å². The van der Waals surface area contributed by atoms with Gasteiger partial charge in [0.25, 0.3) is 0 Å². The lowest BCUT2D eigenvalue weighted by atomic mass is 10.1. The molecule has 0 aliphatic carbocycles. The van der Waals surface area contributed by atoms with E-state index in [4.69, 9.17) is 4.74 Å². The molecular formula is C15H20N4O2S.